The number of pyridine rings is 1. The summed E-state index contributed by atoms with van der Waals surface area (Å²) >= 11 is 6.19. The highest BCUT2D eigenvalue weighted by Crippen LogP contribution is 2.36. The van der Waals surface area contributed by atoms with Gasteiger partial charge in [-0.2, -0.15) is 9.97 Å². The molecule has 1 fully saturated rings. The highest BCUT2D eigenvalue weighted by atomic mass is 35.5. The van der Waals surface area contributed by atoms with Gasteiger partial charge in [0.1, 0.15) is 11.7 Å². The number of anilines is 2. The number of hydrogen-bond donors (Lipinski definition) is 5. The van der Waals surface area contributed by atoms with E-state index in [4.69, 9.17) is 17.3 Å². The SMILES string of the molecule is Cc1ccncc1C#Cc1c(Cl)nc(N)nc1NC1(O)CCC(CO)C1O. The minimum absolute atomic E-state index is 0.0221. The van der Waals surface area contributed by atoms with Gasteiger partial charge in [-0.15, -0.1) is 0 Å². The molecule has 1 aliphatic rings. The predicted molar refractivity (Wildman–Crippen MR) is 101 cm³/mol. The summed E-state index contributed by atoms with van der Waals surface area (Å²) in [6, 6.07) is 1.83. The largest absolute Gasteiger partial charge is 0.396 e. The summed E-state index contributed by atoms with van der Waals surface area (Å²) < 4.78 is 0. The number of aliphatic hydroxyl groups excluding tert-OH is 2. The molecule has 0 aromatic carbocycles. The molecule has 6 N–H and O–H groups in total. The monoisotopic (exact) mass is 389 g/mol. The van der Waals surface area contributed by atoms with Crippen molar-refractivity contribution in [2.75, 3.05) is 17.7 Å². The minimum atomic E-state index is -1.68. The van der Waals surface area contributed by atoms with Crippen LogP contribution in [0.15, 0.2) is 18.5 Å². The van der Waals surface area contributed by atoms with E-state index in [1.807, 2.05) is 13.0 Å². The summed E-state index contributed by atoms with van der Waals surface area (Å²) in [6.07, 6.45) is 2.78. The second-order valence-electron chi connectivity index (χ2n) is 6.51. The molecule has 2 heterocycles. The molecule has 2 aromatic rings. The molecule has 0 amide bonds. The number of aromatic nitrogens is 3. The molecule has 0 saturated heterocycles. The molecule has 3 rings (SSSR count). The zero-order valence-corrected chi connectivity index (χ0v) is 15.4. The fourth-order valence-electron chi connectivity index (χ4n) is 3.01. The number of aliphatic hydroxyl groups is 3. The molecule has 9 heteroatoms. The zero-order chi connectivity index (χ0) is 19.6. The Bertz CT molecular complexity index is 914. The summed E-state index contributed by atoms with van der Waals surface area (Å²) in [6.45, 7) is 1.67. The summed E-state index contributed by atoms with van der Waals surface area (Å²) in [5.41, 5.74) is 5.88. The lowest BCUT2D eigenvalue weighted by Gasteiger charge is -2.30. The average Bonchev–Trinajstić information content (AvgIpc) is 2.90. The van der Waals surface area contributed by atoms with Crippen LogP contribution in [0.4, 0.5) is 11.8 Å². The van der Waals surface area contributed by atoms with Crippen LogP contribution in [-0.4, -0.2) is 48.7 Å². The van der Waals surface area contributed by atoms with Crippen LogP contribution in [0.1, 0.15) is 29.5 Å². The summed E-state index contributed by atoms with van der Waals surface area (Å²) in [5, 5.41) is 33.2. The number of rotatable bonds is 3. The molecule has 1 saturated carbocycles. The quantitative estimate of drug-likeness (QED) is 0.293. The summed E-state index contributed by atoms with van der Waals surface area (Å²) in [7, 11) is 0. The fourth-order valence-corrected chi connectivity index (χ4v) is 3.23. The molecular weight excluding hydrogens is 370 g/mol. The topological polar surface area (TPSA) is 137 Å². The van der Waals surface area contributed by atoms with Gasteiger partial charge in [-0.3, -0.25) is 4.98 Å². The van der Waals surface area contributed by atoms with Crippen LogP contribution in [0.2, 0.25) is 5.15 Å². The van der Waals surface area contributed by atoms with Gasteiger partial charge in [-0.05, 0) is 31.4 Å². The van der Waals surface area contributed by atoms with Crippen LogP contribution in [0, 0.1) is 24.7 Å². The molecular formula is C18H20ClN5O3. The van der Waals surface area contributed by atoms with Crippen LogP contribution in [0.3, 0.4) is 0 Å². The lowest BCUT2D eigenvalue weighted by molar-refractivity contribution is -0.0545. The second kappa shape index (κ2) is 7.66. The van der Waals surface area contributed by atoms with Crippen LogP contribution >= 0.6 is 11.6 Å². The van der Waals surface area contributed by atoms with Crippen molar-refractivity contribution >= 4 is 23.4 Å². The number of nitrogens with one attached hydrogen (secondary N) is 1. The Morgan fingerprint density at radius 1 is 1.41 bits per heavy atom. The van der Waals surface area contributed by atoms with Gasteiger partial charge in [0.2, 0.25) is 5.95 Å². The highest BCUT2D eigenvalue weighted by Gasteiger charge is 2.47. The Morgan fingerprint density at radius 2 is 2.19 bits per heavy atom. The van der Waals surface area contributed by atoms with Crippen molar-refractivity contribution in [2.45, 2.75) is 31.6 Å². The number of aryl methyl sites for hydroxylation is 1. The van der Waals surface area contributed by atoms with Crippen LogP contribution in [0.5, 0.6) is 0 Å². The van der Waals surface area contributed by atoms with Gasteiger partial charge in [0, 0.05) is 30.5 Å². The molecule has 3 unspecified atom stereocenters. The maximum absolute atomic E-state index is 10.8. The van der Waals surface area contributed by atoms with Gasteiger partial charge in [0.05, 0.1) is 0 Å². The van der Waals surface area contributed by atoms with E-state index in [0.717, 1.165) is 5.56 Å². The van der Waals surface area contributed by atoms with Crippen molar-refractivity contribution in [3.8, 4) is 11.8 Å². The van der Waals surface area contributed by atoms with Gasteiger partial charge in [0.25, 0.3) is 0 Å². The van der Waals surface area contributed by atoms with Crippen molar-refractivity contribution < 1.29 is 15.3 Å². The van der Waals surface area contributed by atoms with Gasteiger partial charge in [-0.25, -0.2) is 0 Å². The first-order valence-electron chi connectivity index (χ1n) is 8.39. The lowest BCUT2D eigenvalue weighted by atomic mass is 10.0. The van der Waals surface area contributed by atoms with E-state index in [1.165, 1.54) is 0 Å². The van der Waals surface area contributed by atoms with Crippen molar-refractivity contribution in [3.63, 3.8) is 0 Å². The molecule has 0 radical (unpaired) electrons. The molecule has 0 spiro atoms. The Balaban J connectivity index is 1.99. The van der Waals surface area contributed by atoms with Gasteiger partial charge >= 0.3 is 0 Å². The van der Waals surface area contributed by atoms with E-state index >= 15 is 0 Å². The highest BCUT2D eigenvalue weighted by molar-refractivity contribution is 6.31. The van der Waals surface area contributed by atoms with E-state index in [9.17, 15) is 15.3 Å². The Labute approximate surface area is 161 Å². The van der Waals surface area contributed by atoms with Gasteiger partial charge in [0.15, 0.2) is 16.7 Å². The molecule has 3 atom stereocenters. The molecule has 1 aliphatic carbocycles. The molecule has 2 aromatic heterocycles. The molecule has 142 valence electrons. The average molecular weight is 390 g/mol. The number of nitrogen functional groups attached to an aromatic ring is 1. The first-order valence-corrected chi connectivity index (χ1v) is 8.77. The third kappa shape index (κ3) is 3.96. The number of nitrogens with two attached hydrogens (primary N) is 1. The van der Waals surface area contributed by atoms with E-state index in [2.05, 4.69) is 32.1 Å². The minimum Gasteiger partial charge on any atom is -0.396 e. The normalized spacial score (nSPS) is 24.3. The number of hydrogen-bond acceptors (Lipinski definition) is 8. The van der Waals surface area contributed by atoms with Crippen molar-refractivity contribution in [1.82, 2.24) is 15.0 Å². The summed E-state index contributed by atoms with van der Waals surface area (Å²) in [5.74, 6) is 5.42. The maximum Gasteiger partial charge on any atom is 0.223 e. The second-order valence-corrected chi connectivity index (χ2v) is 6.87. The number of nitrogens with zero attached hydrogens (tertiary/aromatic N) is 3. The van der Waals surface area contributed by atoms with E-state index in [1.54, 1.807) is 12.4 Å². The zero-order valence-electron chi connectivity index (χ0n) is 14.6. The molecule has 0 bridgehead atoms. The Hall–Kier alpha value is -2.44. The van der Waals surface area contributed by atoms with Crippen molar-refractivity contribution in [1.29, 1.82) is 0 Å². The third-order valence-electron chi connectivity index (χ3n) is 4.64. The van der Waals surface area contributed by atoms with E-state index in [-0.39, 0.29) is 35.5 Å². The van der Waals surface area contributed by atoms with Crippen LogP contribution in [0.25, 0.3) is 0 Å². The third-order valence-corrected chi connectivity index (χ3v) is 4.92. The molecule has 27 heavy (non-hydrogen) atoms. The van der Waals surface area contributed by atoms with Gasteiger partial charge in [-0.1, -0.05) is 23.4 Å². The fraction of sp³-hybridized carbons (Fsp3) is 0.389. The predicted octanol–water partition coefficient (Wildman–Crippen LogP) is 0.679. The molecule has 0 aliphatic heterocycles. The van der Waals surface area contributed by atoms with Crippen molar-refractivity contribution in [2.24, 2.45) is 5.92 Å². The number of halogens is 1. The Morgan fingerprint density at radius 3 is 2.85 bits per heavy atom. The maximum atomic E-state index is 10.8. The standard InChI is InChI=1S/C18H20ClN5O3/c1-10-5-7-21-8-11(10)2-3-13-15(19)22-17(20)23-16(13)24-18(27)6-4-12(9-25)14(18)26/h5,7-8,12,14,25-27H,4,6,9H2,1H3,(H3,20,22,23,24). The van der Waals surface area contributed by atoms with Crippen LogP contribution in [-0.2, 0) is 0 Å². The van der Waals surface area contributed by atoms with Gasteiger partial charge < -0.3 is 26.4 Å². The van der Waals surface area contributed by atoms with Crippen LogP contribution < -0.4 is 11.1 Å². The summed E-state index contributed by atoms with van der Waals surface area (Å²) in [4.78, 5) is 12.0. The smallest absolute Gasteiger partial charge is 0.223 e. The van der Waals surface area contributed by atoms with E-state index in [0.29, 0.717) is 12.0 Å². The lowest BCUT2D eigenvalue weighted by Crippen LogP contribution is -2.48. The first kappa shape index (κ1) is 19.3. The van der Waals surface area contributed by atoms with Crippen molar-refractivity contribution in [3.05, 3.63) is 40.3 Å². The molecule has 8 nitrogen and oxygen atoms in total. The first-order chi connectivity index (χ1) is 12.8. The Kier molecular flexibility index (Phi) is 5.48. The van der Waals surface area contributed by atoms with E-state index < -0.39 is 17.7 Å².